The second kappa shape index (κ2) is 16.6. The summed E-state index contributed by atoms with van der Waals surface area (Å²) in [7, 11) is -4.57. The average Bonchev–Trinajstić information content (AvgIpc) is 3.19. The van der Waals surface area contributed by atoms with Gasteiger partial charge >= 0.3 is 6.18 Å². The summed E-state index contributed by atoms with van der Waals surface area (Å²) in [5.41, 5.74) is -1.75. The Balaban J connectivity index is 1.06. The first-order chi connectivity index (χ1) is 26.7. The molecule has 0 bridgehead atoms. The lowest BCUT2D eigenvalue weighted by Crippen LogP contribution is -2.49. The van der Waals surface area contributed by atoms with Crippen LogP contribution in [-0.2, 0) is 16.2 Å². The number of halogens is 3. The van der Waals surface area contributed by atoms with Gasteiger partial charge in [-0.1, -0.05) is 18.2 Å². The first-order valence-electron chi connectivity index (χ1n) is 16.7. The first kappa shape index (κ1) is 39.4. The Morgan fingerprint density at radius 2 is 1.66 bits per heavy atom. The molecule has 0 spiro atoms. The first-order valence-corrected chi connectivity index (χ1v) is 19.2. The molecule has 56 heavy (non-hydrogen) atoms. The Labute approximate surface area is 321 Å². The molecule has 1 saturated heterocycles. The number of carbonyl (C=O) groups is 2. The smallest absolute Gasteiger partial charge is 0.416 e. The minimum atomic E-state index is -4.74. The third-order valence-corrected chi connectivity index (χ3v) is 10.8. The number of alkyl halides is 3. The number of nitro benzene ring substituents is 1. The summed E-state index contributed by atoms with van der Waals surface area (Å²) in [4.78, 5) is 44.7. The van der Waals surface area contributed by atoms with E-state index >= 15 is 0 Å². The van der Waals surface area contributed by atoms with E-state index < -0.39 is 49.1 Å². The molecule has 3 heterocycles. The molecule has 0 radical (unpaired) electrons. The van der Waals surface area contributed by atoms with E-state index in [1.165, 1.54) is 53.2 Å². The van der Waals surface area contributed by atoms with Gasteiger partial charge < -0.3 is 20.2 Å². The summed E-state index contributed by atoms with van der Waals surface area (Å²) in [5.74, 6) is -1.16. The number of nitrogens with one attached hydrogen (secondary N) is 2. The van der Waals surface area contributed by atoms with Crippen molar-refractivity contribution in [2.24, 2.45) is 0 Å². The van der Waals surface area contributed by atoms with E-state index in [2.05, 4.69) is 20.5 Å². The minimum Gasteiger partial charge on any atom is -0.506 e. The van der Waals surface area contributed by atoms with Crippen LogP contribution in [0.4, 0.5) is 30.4 Å². The van der Waals surface area contributed by atoms with Crippen LogP contribution in [0.15, 0.2) is 107 Å². The van der Waals surface area contributed by atoms with Crippen molar-refractivity contribution < 1.29 is 41.2 Å². The number of hydrogen-bond acceptors (Lipinski definition) is 13. The Morgan fingerprint density at radius 1 is 0.911 bits per heavy atom. The van der Waals surface area contributed by atoms with Gasteiger partial charge in [-0.15, -0.1) is 22.0 Å². The number of nitro groups is 1. The van der Waals surface area contributed by atoms with Crippen molar-refractivity contribution in [3.8, 4) is 16.9 Å². The molecule has 15 nitrogen and oxygen atoms in total. The number of carbonyl (C=O) groups excluding carboxylic acids is 2. The molecule has 0 aliphatic carbocycles. The molecular weight excluding hydrogens is 778 g/mol. The SMILES string of the molecule is O=C(NS(=O)(=O)c1ccc(NCCSc2ccccc2)c([N+](=O)[O-])c1)c1ccc(N2CCN(C(=O)c3cc(-c4cncc(O)c4)cc(C(F)(F)F)c3)CC2)nn1. The molecule has 1 fully saturated rings. The lowest BCUT2D eigenvalue weighted by atomic mass is 9.99. The van der Waals surface area contributed by atoms with Crippen molar-refractivity contribution in [3.05, 3.63) is 124 Å². The van der Waals surface area contributed by atoms with Gasteiger partial charge in [0.1, 0.15) is 11.4 Å². The maximum atomic E-state index is 13.8. The van der Waals surface area contributed by atoms with Crippen LogP contribution in [0.1, 0.15) is 26.4 Å². The fourth-order valence-corrected chi connectivity index (χ4v) is 7.46. The Bertz CT molecular complexity index is 2360. The van der Waals surface area contributed by atoms with Crippen LogP contribution in [0.2, 0.25) is 0 Å². The lowest BCUT2D eigenvalue weighted by molar-refractivity contribution is -0.384. The zero-order valence-electron chi connectivity index (χ0n) is 29.0. The van der Waals surface area contributed by atoms with E-state index in [1.54, 1.807) is 4.90 Å². The summed E-state index contributed by atoms with van der Waals surface area (Å²) < 4.78 is 69.3. The molecule has 6 rings (SSSR count). The number of nitrogens with zero attached hydrogens (tertiary/aromatic N) is 6. The monoisotopic (exact) mass is 808 g/mol. The topological polar surface area (TPSA) is 201 Å². The fourth-order valence-electron chi connectivity index (χ4n) is 5.69. The van der Waals surface area contributed by atoms with Crippen molar-refractivity contribution in [3.63, 3.8) is 0 Å². The standard InChI is InChI=1S/C36H31F3N8O7S2/c37-36(38,39)26-17-23(25-19-27(48)22-40-21-25)16-24(18-26)35(50)46-13-11-45(12-14-46)33-9-8-31(42-43-33)34(49)44-56(53,54)29-6-7-30(32(20-29)47(51)52)41-10-15-55-28-4-2-1-3-5-28/h1-9,16-22,41,48H,10-15H2,(H,44,49). The zero-order chi connectivity index (χ0) is 40.0. The van der Waals surface area contributed by atoms with Crippen molar-refractivity contribution in [1.29, 1.82) is 0 Å². The van der Waals surface area contributed by atoms with Crippen LogP contribution in [-0.4, -0.2) is 88.8 Å². The molecular formula is C36H31F3N8O7S2. The van der Waals surface area contributed by atoms with Crippen LogP contribution in [0, 0.1) is 10.1 Å². The van der Waals surface area contributed by atoms with Gasteiger partial charge in [0.15, 0.2) is 11.5 Å². The maximum absolute atomic E-state index is 13.8. The van der Waals surface area contributed by atoms with Crippen LogP contribution < -0.4 is 14.9 Å². The van der Waals surface area contributed by atoms with E-state index in [-0.39, 0.29) is 65.8 Å². The van der Waals surface area contributed by atoms with Crippen LogP contribution in [0.3, 0.4) is 0 Å². The Kier molecular flexibility index (Phi) is 11.7. The number of hydrogen-bond donors (Lipinski definition) is 3. The molecule has 1 aliphatic rings. The minimum absolute atomic E-state index is 0.0500. The van der Waals surface area contributed by atoms with Gasteiger partial charge in [0.2, 0.25) is 0 Å². The number of sulfonamides is 1. The quantitative estimate of drug-likeness (QED) is 0.0622. The number of piperazine rings is 1. The largest absolute Gasteiger partial charge is 0.506 e. The molecule has 2 amide bonds. The van der Waals surface area contributed by atoms with E-state index in [9.17, 15) is 46.4 Å². The van der Waals surface area contributed by atoms with Crippen molar-refractivity contribution in [2.45, 2.75) is 16.0 Å². The Hall–Kier alpha value is -6.28. The van der Waals surface area contributed by atoms with Crippen molar-refractivity contribution in [2.75, 3.05) is 48.7 Å². The van der Waals surface area contributed by atoms with E-state index in [0.717, 1.165) is 35.4 Å². The molecule has 0 atom stereocenters. The number of amides is 2. The summed E-state index contributed by atoms with van der Waals surface area (Å²) in [5, 5.41) is 32.4. The highest BCUT2D eigenvalue weighted by molar-refractivity contribution is 7.99. The maximum Gasteiger partial charge on any atom is 0.416 e. The van der Waals surface area contributed by atoms with Gasteiger partial charge in [0.05, 0.1) is 21.6 Å². The highest BCUT2D eigenvalue weighted by Crippen LogP contribution is 2.35. The third kappa shape index (κ3) is 9.50. The summed E-state index contributed by atoms with van der Waals surface area (Å²) in [6.07, 6.45) is -2.34. The molecule has 20 heteroatoms. The van der Waals surface area contributed by atoms with Crippen LogP contribution in [0.25, 0.3) is 11.1 Å². The predicted octanol–water partition coefficient (Wildman–Crippen LogP) is 5.46. The molecule has 0 saturated carbocycles. The molecule has 3 aromatic carbocycles. The zero-order valence-corrected chi connectivity index (χ0v) is 30.6. The van der Waals surface area contributed by atoms with Crippen molar-refractivity contribution in [1.82, 2.24) is 24.8 Å². The molecule has 290 valence electrons. The number of rotatable bonds is 12. The van der Waals surface area contributed by atoms with E-state index in [1.807, 2.05) is 35.1 Å². The van der Waals surface area contributed by atoms with Gasteiger partial charge in [-0.3, -0.25) is 24.7 Å². The number of aromatic hydroxyl groups is 1. The Morgan fingerprint density at radius 3 is 2.32 bits per heavy atom. The lowest BCUT2D eigenvalue weighted by Gasteiger charge is -2.35. The number of aromatic nitrogens is 3. The number of pyridine rings is 1. The summed E-state index contributed by atoms with van der Waals surface area (Å²) in [6, 6.07) is 19.6. The second-order valence-electron chi connectivity index (χ2n) is 12.2. The molecule has 2 aromatic heterocycles. The summed E-state index contributed by atoms with van der Waals surface area (Å²) >= 11 is 1.54. The van der Waals surface area contributed by atoms with Gasteiger partial charge in [0, 0.05) is 66.8 Å². The summed E-state index contributed by atoms with van der Waals surface area (Å²) in [6.45, 7) is 0.976. The van der Waals surface area contributed by atoms with Gasteiger partial charge in [-0.2, -0.15) is 13.2 Å². The molecule has 0 unspecified atom stereocenters. The highest BCUT2D eigenvalue weighted by atomic mass is 32.2. The fraction of sp³-hybridized carbons (Fsp3) is 0.194. The van der Waals surface area contributed by atoms with Crippen LogP contribution >= 0.6 is 11.8 Å². The third-order valence-electron chi connectivity index (χ3n) is 8.47. The predicted molar refractivity (Wildman–Crippen MR) is 200 cm³/mol. The average molecular weight is 809 g/mol. The normalized spacial score (nSPS) is 13.3. The van der Waals surface area contributed by atoms with Gasteiger partial charge in [0.25, 0.3) is 27.5 Å². The van der Waals surface area contributed by atoms with E-state index in [4.69, 9.17) is 0 Å². The molecule has 1 aliphatic heterocycles. The molecule has 3 N–H and O–H groups in total. The van der Waals surface area contributed by atoms with Gasteiger partial charge in [-0.05, 0) is 66.2 Å². The van der Waals surface area contributed by atoms with Crippen LogP contribution in [0.5, 0.6) is 5.75 Å². The number of thioether (sulfide) groups is 1. The highest BCUT2D eigenvalue weighted by Gasteiger charge is 2.33. The van der Waals surface area contributed by atoms with Gasteiger partial charge in [-0.25, -0.2) is 13.1 Å². The number of anilines is 2. The van der Waals surface area contributed by atoms with E-state index in [0.29, 0.717) is 12.3 Å². The van der Waals surface area contributed by atoms with Crippen molar-refractivity contribution >= 4 is 50.8 Å². The molecule has 5 aromatic rings. The number of benzene rings is 3. The second-order valence-corrected chi connectivity index (χ2v) is 15.1.